The van der Waals surface area contributed by atoms with E-state index in [9.17, 15) is 4.79 Å². The molecule has 1 aromatic rings. The van der Waals surface area contributed by atoms with Gasteiger partial charge in [0, 0.05) is 0 Å². The zero-order chi connectivity index (χ0) is 10.1. The number of halogens is 1. The molecule has 14 heavy (non-hydrogen) atoms. The Morgan fingerprint density at radius 2 is 2.43 bits per heavy atom. The maximum Gasteiger partial charge on any atom is 0.355 e. The van der Waals surface area contributed by atoms with Crippen LogP contribution in [0.4, 0.5) is 0 Å². The smallest absolute Gasteiger partial charge is 0.355 e. The normalized spacial score (nSPS) is 14.4. The number of carbonyl (C=O) groups excluding carboxylic acids is 1. The standard InChI is InChI=1S/C9H10BrNO3/c1-13-9(12)7-6(10)8-5(11-7)3-2-4-14-8/h11H,2-4H2,1H3. The lowest BCUT2D eigenvalue weighted by Gasteiger charge is -2.12. The topological polar surface area (TPSA) is 51.3 Å². The number of hydrogen-bond donors (Lipinski definition) is 1. The molecule has 0 amide bonds. The number of methoxy groups -OCH3 is 1. The van der Waals surface area contributed by atoms with Crippen molar-refractivity contribution in [3.8, 4) is 5.75 Å². The fraction of sp³-hybridized carbons (Fsp3) is 0.444. The maximum absolute atomic E-state index is 11.3. The first-order valence-corrected chi connectivity index (χ1v) is 5.14. The number of esters is 1. The van der Waals surface area contributed by atoms with Crippen LogP contribution in [0.3, 0.4) is 0 Å². The van der Waals surface area contributed by atoms with Gasteiger partial charge in [0.25, 0.3) is 0 Å². The highest BCUT2D eigenvalue weighted by Crippen LogP contribution is 2.36. The van der Waals surface area contributed by atoms with E-state index in [1.807, 2.05) is 0 Å². The summed E-state index contributed by atoms with van der Waals surface area (Å²) >= 11 is 3.32. The van der Waals surface area contributed by atoms with E-state index in [1.54, 1.807) is 0 Å². The van der Waals surface area contributed by atoms with Crippen LogP contribution >= 0.6 is 15.9 Å². The minimum absolute atomic E-state index is 0.380. The second kappa shape index (κ2) is 3.65. The average Bonchev–Trinajstić information content (AvgIpc) is 2.56. The maximum atomic E-state index is 11.3. The summed E-state index contributed by atoms with van der Waals surface area (Å²) in [4.78, 5) is 14.3. The van der Waals surface area contributed by atoms with E-state index < -0.39 is 0 Å². The van der Waals surface area contributed by atoms with Gasteiger partial charge >= 0.3 is 5.97 Å². The summed E-state index contributed by atoms with van der Waals surface area (Å²) in [6.45, 7) is 0.698. The second-order valence-electron chi connectivity index (χ2n) is 3.07. The van der Waals surface area contributed by atoms with Gasteiger partial charge in [-0.05, 0) is 28.8 Å². The van der Waals surface area contributed by atoms with E-state index in [2.05, 4.69) is 25.7 Å². The van der Waals surface area contributed by atoms with E-state index in [-0.39, 0.29) is 5.97 Å². The largest absolute Gasteiger partial charge is 0.490 e. The fourth-order valence-corrected chi connectivity index (χ4v) is 2.12. The molecule has 0 radical (unpaired) electrons. The molecule has 0 spiro atoms. The second-order valence-corrected chi connectivity index (χ2v) is 3.86. The first-order valence-electron chi connectivity index (χ1n) is 4.35. The first-order chi connectivity index (χ1) is 6.74. The molecule has 5 heteroatoms. The van der Waals surface area contributed by atoms with Gasteiger partial charge in [0.2, 0.25) is 0 Å². The SMILES string of the molecule is COC(=O)c1[nH]c2c(c1Br)OCCC2. The summed E-state index contributed by atoms with van der Waals surface area (Å²) in [5.41, 5.74) is 1.39. The Kier molecular flexibility index (Phi) is 2.50. The number of carbonyl (C=O) groups is 1. The molecule has 0 bridgehead atoms. The third-order valence-corrected chi connectivity index (χ3v) is 2.93. The molecular formula is C9H10BrNO3. The van der Waals surface area contributed by atoms with Crippen molar-refractivity contribution < 1.29 is 14.3 Å². The van der Waals surface area contributed by atoms with Gasteiger partial charge in [-0.3, -0.25) is 0 Å². The predicted octanol–water partition coefficient (Wildman–Crippen LogP) is 1.89. The molecular weight excluding hydrogens is 250 g/mol. The van der Waals surface area contributed by atoms with E-state index in [1.165, 1.54) is 7.11 Å². The number of H-pyrrole nitrogens is 1. The Morgan fingerprint density at radius 1 is 1.64 bits per heavy atom. The fourth-order valence-electron chi connectivity index (χ4n) is 1.50. The van der Waals surface area contributed by atoms with Crippen LogP contribution < -0.4 is 4.74 Å². The van der Waals surface area contributed by atoms with Gasteiger partial charge in [0.1, 0.15) is 5.69 Å². The molecule has 4 nitrogen and oxygen atoms in total. The van der Waals surface area contributed by atoms with Crippen LogP contribution in [0.2, 0.25) is 0 Å². The molecule has 0 saturated heterocycles. The molecule has 1 aliphatic rings. The van der Waals surface area contributed by atoms with E-state index >= 15 is 0 Å². The molecule has 0 fully saturated rings. The highest BCUT2D eigenvalue weighted by molar-refractivity contribution is 9.10. The number of nitrogens with one attached hydrogen (secondary N) is 1. The molecule has 0 aromatic carbocycles. The number of aryl methyl sites for hydroxylation is 1. The monoisotopic (exact) mass is 259 g/mol. The summed E-state index contributed by atoms with van der Waals surface area (Å²) in [7, 11) is 1.36. The van der Waals surface area contributed by atoms with Gasteiger partial charge < -0.3 is 14.5 Å². The highest BCUT2D eigenvalue weighted by Gasteiger charge is 2.23. The molecule has 2 rings (SSSR count). The zero-order valence-corrected chi connectivity index (χ0v) is 9.31. The first kappa shape index (κ1) is 9.58. The van der Waals surface area contributed by atoms with Crippen LogP contribution in [0.1, 0.15) is 22.6 Å². The molecule has 1 aliphatic heterocycles. The number of aromatic amines is 1. The van der Waals surface area contributed by atoms with Crippen LogP contribution in [-0.4, -0.2) is 24.7 Å². The average molecular weight is 260 g/mol. The van der Waals surface area contributed by atoms with Gasteiger partial charge in [-0.2, -0.15) is 0 Å². The van der Waals surface area contributed by atoms with Crippen molar-refractivity contribution in [2.45, 2.75) is 12.8 Å². The van der Waals surface area contributed by atoms with Crippen LogP contribution in [0, 0.1) is 0 Å². The molecule has 0 unspecified atom stereocenters. The molecule has 2 heterocycles. The third kappa shape index (κ3) is 1.41. The molecule has 0 atom stereocenters. The third-order valence-electron chi connectivity index (χ3n) is 2.18. The van der Waals surface area contributed by atoms with Crippen molar-refractivity contribution >= 4 is 21.9 Å². The minimum atomic E-state index is -0.380. The van der Waals surface area contributed by atoms with Crippen molar-refractivity contribution in [1.82, 2.24) is 4.98 Å². The van der Waals surface area contributed by atoms with Gasteiger partial charge in [-0.25, -0.2) is 4.79 Å². The van der Waals surface area contributed by atoms with Crippen molar-refractivity contribution in [1.29, 1.82) is 0 Å². The van der Waals surface area contributed by atoms with Crippen molar-refractivity contribution in [3.63, 3.8) is 0 Å². The van der Waals surface area contributed by atoms with E-state index in [0.717, 1.165) is 24.3 Å². The summed E-state index contributed by atoms with van der Waals surface area (Å²) < 4.78 is 10.7. The lowest BCUT2D eigenvalue weighted by molar-refractivity contribution is 0.0593. The molecule has 76 valence electrons. The Labute approximate surface area is 89.7 Å². The van der Waals surface area contributed by atoms with Gasteiger partial charge in [0.15, 0.2) is 5.75 Å². The van der Waals surface area contributed by atoms with Crippen LogP contribution in [0.15, 0.2) is 4.47 Å². The number of hydrogen-bond acceptors (Lipinski definition) is 3. The van der Waals surface area contributed by atoms with Gasteiger partial charge in [-0.15, -0.1) is 0 Å². The Balaban J connectivity index is 2.43. The van der Waals surface area contributed by atoms with Crippen molar-refractivity contribution in [3.05, 3.63) is 15.9 Å². The van der Waals surface area contributed by atoms with Gasteiger partial charge in [-0.1, -0.05) is 0 Å². The van der Waals surface area contributed by atoms with Crippen LogP contribution in [0.25, 0.3) is 0 Å². The number of fused-ring (bicyclic) bond motifs is 1. The Hall–Kier alpha value is -0.970. The summed E-state index contributed by atoms with van der Waals surface area (Å²) in [5, 5.41) is 0. The highest BCUT2D eigenvalue weighted by atomic mass is 79.9. The molecule has 1 aromatic heterocycles. The number of ether oxygens (including phenoxy) is 2. The quantitative estimate of drug-likeness (QED) is 0.784. The predicted molar refractivity (Wildman–Crippen MR) is 53.6 cm³/mol. The van der Waals surface area contributed by atoms with Crippen molar-refractivity contribution in [2.24, 2.45) is 0 Å². The zero-order valence-electron chi connectivity index (χ0n) is 7.72. The summed E-state index contributed by atoms with van der Waals surface area (Å²) in [6.07, 6.45) is 1.88. The Morgan fingerprint density at radius 3 is 3.07 bits per heavy atom. The Bertz CT molecular complexity index is 372. The lowest BCUT2D eigenvalue weighted by atomic mass is 10.2. The van der Waals surface area contributed by atoms with Crippen LogP contribution in [-0.2, 0) is 11.2 Å². The summed E-state index contributed by atoms with van der Waals surface area (Å²) in [6, 6.07) is 0. The number of rotatable bonds is 1. The molecule has 1 N–H and O–H groups in total. The van der Waals surface area contributed by atoms with E-state index in [0.29, 0.717) is 16.8 Å². The number of aromatic nitrogens is 1. The molecule has 0 saturated carbocycles. The van der Waals surface area contributed by atoms with E-state index in [4.69, 9.17) is 4.74 Å². The van der Waals surface area contributed by atoms with Gasteiger partial charge in [0.05, 0.1) is 23.9 Å². The minimum Gasteiger partial charge on any atom is -0.490 e. The van der Waals surface area contributed by atoms with Crippen LogP contribution in [0.5, 0.6) is 5.75 Å². The van der Waals surface area contributed by atoms with Crippen molar-refractivity contribution in [2.75, 3.05) is 13.7 Å². The molecule has 0 aliphatic carbocycles. The summed E-state index contributed by atoms with van der Waals surface area (Å²) in [5.74, 6) is 0.367. The lowest BCUT2D eigenvalue weighted by Crippen LogP contribution is -2.07.